The molecule has 0 aliphatic carbocycles. The van der Waals surface area contributed by atoms with E-state index in [2.05, 4.69) is 26.5 Å². The van der Waals surface area contributed by atoms with Crippen molar-refractivity contribution in [2.45, 2.75) is 31.7 Å². The number of hydrogen-bond donors (Lipinski definition) is 3. The van der Waals surface area contributed by atoms with Crippen LogP contribution in [-0.4, -0.2) is 35.6 Å². The van der Waals surface area contributed by atoms with Crippen LogP contribution in [0.15, 0.2) is 47.6 Å². The second kappa shape index (κ2) is 7.33. The van der Waals surface area contributed by atoms with Crippen molar-refractivity contribution in [3.8, 4) is 11.3 Å². The minimum absolute atomic E-state index is 0.0500. The molecule has 7 heteroatoms. The number of nitrogens with two attached hydrogens (primary N) is 1. The van der Waals surface area contributed by atoms with Gasteiger partial charge in [0.25, 0.3) is 5.91 Å². The number of nitrogens with zero attached hydrogens (tertiary/aromatic N) is 2. The quantitative estimate of drug-likeness (QED) is 0.626. The van der Waals surface area contributed by atoms with Crippen LogP contribution in [0.3, 0.4) is 0 Å². The van der Waals surface area contributed by atoms with Crippen LogP contribution in [0.5, 0.6) is 0 Å². The van der Waals surface area contributed by atoms with Crippen molar-refractivity contribution in [2.24, 2.45) is 10.8 Å². The molecule has 1 fully saturated rings. The molecule has 0 radical (unpaired) electrons. The molecular weight excluding hydrogens is 378 g/mol. The van der Waals surface area contributed by atoms with Crippen LogP contribution in [0, 0.1) is 0 Å². The van der Waals surface area contributed by atoms with Gasteiger partial charge >= 0.3 is 0 Å². The van der Waals surface area contributed by atoms with Crippen molar-refractivity contribution in [3.63, 3.8) is 0 Å². The Bertz CT molecular complexity index is 1170. The summed E-state index contributed by atoms with van der Waals surface area (Å²) in [5.74, 6) is -0.537. The van der Waals surface area contributed by atoms with Gasteiger partial charge < -0.3 is 15.6 Å². The number of aromatic amines is 1. The van der Waals surface area contributed by atoms with Gasteiger partial charge in [-0.15, -0.1) is 0 Å². The van der Waals surface area contributed by atoms with Crippen LogP contribution < -0.4 is 16.1 Å². The molecule has 4 N–H and O–H groups in total. The fourth-order valence-electron chi connectivity index (χ4n) is 4.65. The van der Waals surface area contributed by atoms with E-state index in [0.717, 1.165) is 59.2 Å². The van der Waals surface area contributed by atoms with Gasteiger partial charge in [0, 0.05) is 41.2 Å². The van der Waals surface area contributed by atoms with Crippen LogP contribution in [0.4, 0.5) is 5.69 Å². The summed E-state index contributed by atoms with van der Waals surface area (Å²) in [7, 11) is 0. The molecule has 1 aromatic heterocycles. The van der Waals surface area contributed by atoms with Crippen molar-refractivity contribution in [1.82, 2.24) is 10.4 Å². The number of rotatable bonds is 4. The van der Waals surface area contributed by atoms with Crippen molar-refractivity contribution in [2.75, 3.05) is 11.4 Å². The Morgan fingerprint density at radius 1 is 1.20 bits per heavy atom. The van der Waals surface area contributed by atoms with Gasteiger partial charge in [-0.25, -0.2) is 5.43 Å². The van der Waals surface area contributed by atoms with E-state index in [1.165, 1.54) is 0 Å². The van der Waals surface area contributed by atoms with Crippen LogP contribution in [-0.2, 0) is 4.79 Å². The zero-order valence-electron chi connectivity index (χ0n) is 16.5. The van der Waals surface area contributed by atoms with Gasteiger partial charge in [-0.05, 0) is 37.0 Å². The van der Waals surface area contributed by atoms with Gasteiger partial charge in [0.2, 0.25) is 5.91 Å². The van der Waals surface area contributed by atoms with Gasteiger partial charge in [-0.3, -0.25) is 9.59 Å². The van der Waals surface area contributed by atoms with Gasteiger partial charge in [-0.1, -0.05) is 30.3 Å². The number of benzene rings is 2. The van der Waals surface area contributed by atoms with E-state index in [-0.39, 0.29) is 17.9 Å². The van der Waals surface area contributed by atoms with E-state index < -0.39 is 0 Å². The lowest BCUT2D eigenvalue weighted by Gasteiger charge is -2.37. The topological polar surface area (TPSA) is 104 Å². The predicted molar refractivity (Wildman–Crippen MR) is 118 cm³/mol. The number of carbonyl (C=O) groups excluding carboxylic acids is 2. The molecule has 1 unspecified atom stereocenters. The molecular formula is C23H23N5O2. The smallest absolute Gasteiger partial charge is 0.272 e. The van der Waals surface area contributed by atoms with E-state index >= 15 is 0 Å². The maximum absolute atomic E-state index is 12.8. The molecule has 1 saturated heterocycles. The number of hydrazone groups is 1. The first-order chi connectivity index (χ1) is 14.6. The maximum Gasteiger partial charge on any atom is 0.272 e. The first-order valence-corrected chi connectivity index (χ1v) is 10.3. The zero-order valence-corrected chi connectivity index (χ0v) is 16.5. The predicted octanol–water partition coefficient (Wildman–Crippen LogP) is 3.15. The Morgan fingerprint density at radius 2 is 2.03 bits per heavy atom. The summed E-state index contributed by atoms with van der Waals surface area (Å²) in [5.41, 5.74) is 13.3. The zero-order chi connectivity index (χ0) is 20.7. The third-order valence-electron chi connectivity index (χ3n) is 5.98. The number of H-pyrrole nitrogens is 1. The number of primary amides is 1. The van der Waals surface area contributed by atoms with Crippen molar-refractivity contribution < 1.29 is 9.59 Å². The molecule has 1 atom stereocenters. The number of anilines is 1. The average Bonchev–Trinajstić information content (AvgIpc) is 3.03. The number of hydrogen-bond acceptors (Lipinski definition) is 4. The molecule has 2 aromatic carbocycles. The van der Waals surface area contributed by atoms with Crippen LogP contribution >= 0.6 is 0 Å². The Labute approximate surface area is 173 Å². The summed E-state index contributed by atoms with van der Waals surface area (Å²) < 4.78 is 0. The van der Waals surface area contributed by atoms with E-state index in [1.54, 1.807) is 6.21 Å². The summed E-state index contributed by atoms with van der Waals surface area (Å²) >= 11 is 0. The highest BCUT2D eigenvalue weighted by atomic mass is 16.2. The molecule has 2 amide bonds. The van der Waals surface area contributed by atoms with Gasteiger partial charge in [-0.2, -0.15) is 5.10 Å². The monoisotopic (exact) mass is 401 g/mol. The lowest BCUT2D eigenvalue weighted by atomic mass is 9.96. The first-order valence-electron chi connectivity index (χ1n) is 10.3. The van der Waals surface area contributed by atoms with Crippen LogP contribution in [0.2, 0.25) is 0 Å². The highest BCUT2D eigenvalue weighted by Gasteiger charge is 2.28. The van der Waals surface area contributed by atoms with Gasteiger partial charge in [0.1, 0.15) is 0 Å². The van der Waals surface area contributed by atoms with Gasteiger partial charge in [0.05, 0.1) is 17.5 Å². The SMILES string of the molecule is NC(=O)CC1CCCCN1c1cc2c3c(c(-c4ccccc4)[nH]c3c1)C=NNC2=O. The Balaban J connectivity index is 1.69. The lowest BCUT2D eigenvalue weighted by molar-refractivity contribution is -0.118. The largest absolute Gasteiger partial charge is 0.370 e. The summed E-state index contributed by atoms with van der Waals surface area (Å²) in [5, 5.41) is 4.99. The highest BCUT2D eigenvalue weighted by molar-refractivity contribution is 6.18. The van der Waals surface area contributed by atoms with E-state index in [4.69, 9.17) is 5.73 Å². The van der Waals surface area contributed by atoms with Crippen LogP contribution in [0.25, 0.3) is 22.2 Å². The molecule has 152 valence electrons. The average molecular weight is 401 g/mol. The first kappa shape index (κ1) is 18.4. The van der Waals surface area contributed by atoms with Crippen molar-refractivity contribution in [3.05, 3.63) is 53.6 Å². The molecule has 3 heterocycles. The number of piperidine rings is 1. The number of aromatic nitrogens is 1. The second-order valence-corrected chi connectivity index (χ2v) is 7.91. The Morgan fingerprint density at radius 3 is 2.83 bits per heavy atom. The van der Waals surface area contributed by atoms with E-state index in [9.17, 15) is 9.59 Å². The number of carbonyl (C=O) groups is 2. The van der Waals surface area contributed by atoms with Crippen molar-refractivity contribution in [1.29, 1.82) is 0 Å². The Kier molecular flexibility index (Phi) is 4.50. The third kappa shape index (κ3) is 3.12. The minimum atomic E-state index is -0.300. The van der Waals surface area contributed by atoms with Gasteiger partial charge in [0.15, 0.2) is 0 Å². The molecule has 30 heavy (non-hydrogen) atoms. The fraction of sp³-hybridized carbons (Fsp3) is 0.261. The molecule has 2 aliphatic rings. The summed E-state index contributed by atoms with van der Waals surface area (Å²) in [6.07, 6.45) is 5.04. The second-order valence-electron chi connectivity index (χ2n) is 7.91. The molecule has 3 aromatic rings. The van der Waals surface area contributed by atoms with E-state index in [0.29, 0.717) is 12.0 Å². The molecule has 5 rings (SSSR count). The molecule has 7 nitrogen and oxygen atoms in total. The molecule has 2 aliphatic heterocycles. The molecule has 0 saturated carbocycles. The highest BCUT2D eigenvalue weighted by Crippen LogP contribution is 2.37. The number of nitrogens with one attached hydrogen (secondary N) is 2. The normalized spacial score (nSPS) is 18.3. The lowest BCUT2D eigenvalue weighted by Crippen LogP contribution is -2.42. The summed E-state index contributed by atoms with van der Waals surface area (Å²) in [4.78, 5) is 30.1. The molecule has 0 bridgehead atoms. The van der Waals surface area contributed by atoms with E-state index in [1.807, 2.05) is 36.4 Å². The van der Waals surface area contributed by atoms with Crippen LogP contribution in [0.1, 0.15) is 41.6 Å². The summed E-state index contributed by atoms with van der Waals surface area (Å²) in [6.45, 7) is 0.833. The molecule has 0 spiro atoms. The third-order valence-corrected chi connectivity index (χ3v) is 5.98. The fourth-order valence-corrected chi connectivity index (χ4v) is 4.65. The Hall–Kier alpha value is -3.61. The van der Waals surface area contributed by atoms with Crippen molar-refractivity contribution >= 4 is 34.6 Å². The maximum atomic E-state index is 12.8. The minimum Gasteiger partial charge on any atom is -0.370 e. The standard InChI is InChI=1S/C23H23N5O2/c24-20(29)12-15-8-4-5-9-28(15)16-10-17-21-18(13-25-27-23(17)30)22(26-19(21)11-16)14-6-2-1-3-7-14/h1-3,6-7,10-11,13,15,26H,4-5,8-9,12H2,(H2,24,29)(H,27,30). The summed E-state index contributed by atoms with van der Waals surface area (Å²) in [6, 6.07) is 14.0. The number of amides is 2.